The number of benzene rings is 2. The molecule has 0 saturated carbocycles. The summed E-state index contributed by atoms with van der Waals surface area (Å²) in [5.41, 5.74) is 0.133. The van der Waals surface area contributed by atoms with Crippen molar-refractivity contribution in [2.24, 2.45) is 0 Å². The maximum absolute atomic E-state index is 13.8. The van der Waals surface area contributed by atoms with Crippen molar-refractivity contribution >= 4 is 23.2 Å². The third-order valence-corrected chi connectivity index (χ3v) is 7.11. The first-order chi connectivity index (χ1) is 15.6. The van der Waals surface area contributed by atoms with E-state index < -0.39 is 11.4 Å². The van der Waals surface area contributed by atoms with Crippen molar-refractivity contribution in [3.63, 3.8) is 0 Å². The number of ether oxygens (including phenoxy) is 1. The number of carbonyl (C=O) groups is 2. The van der Waals surface area contributed by atoms with Gasteiger partial charge in [-0.15, -0.1) is 11.3 Å². The minimum atomic E-state index is -1.15. The molecule has 5 nitrogen and oxygen atoms in total. The van der Waals surface area contributed by atoms with E-state index in [1.165, 1.54) is 18.2 Å². The van der Waals surface area contributed by atoms with Gasteiger partial charge in [-0.25, -0.2) is 4.39 Å². The number of likely N-dealkylation sites (tertiary alicyclic amines) is 1. The number of nitrogens with zero attached hydrogens (tertiary/aromatic N) is 2. The molecule has 0 bridgehead atoms. The van der Waals surface area contributed by atoms with Gasteiger partial charge in [0.15, 0.2) is 5.60 Å². The summed E-state index contributed by atoms with van der Waals surface area (Å²) in [6, 6.07) is 19.5. The van der Waals surface area contributed by atoms with Crippen molar-refractivity contribution < 1.29 is 18.7 Å². The molecule has 0 aliphatic carbocycles. The molecule has 164 valence electrons. The number of rotatable bonds is 4. The quantitative estimate of drug-likeness (QED) is 0.605. The van der Waals surface area contributed by atoms with Crippen LogP contribution >= 0.6 is 11.3 Å². The van der Waals surface area contributed by atoms with Crippen LogP contribution < -0.4 is 0 Å². The first kappa shape index (κ1) is 20.8. The highest BCUT2D eigenvalue weighted by atomic mass is 32.1. The molecular formula is C25H23FN2O3S. The maximum atomic E-state index is 13.8. The van der Waals surface area contributed by atoms with Crippen LogP contribution in [0.25, 0.3) is 0 Å². The molecule has 1 spiro atoms. The van der Waals surface area contributed by atoms with Crippen LogP contribution in [-0.2, 0) is 16.1 Å². The molecular weight excluding hydrogens is 427 g/mol. The molecule has 2 unspecified atom stereocenters. The Bertz CT molecular complexity index is 1120. The van der Waals surface area contributed by atoms with Crippen molar-refractivity contribution in [3.8, 4) is 0 Å². The molecule has 2 saturated heterocycles. The highest BCUT2D eigenvalue weighted by molar-refractivity contribution is 7.09. The average Bonchev–Trinajstić information content (AvgIpc) is 3.42. The zero-order valence-corrected chi connectivity index (χ0v) is 18.3. The van der Waals surface area contributed by atoms with E-state index in [9.17, 15) is 14.0 Å². The minimum absolute atomic E-state index is 0.100. The van der Waals surface area contributed by atoms with Crippen molar-refractivity contribution in [1.29, 1.82) is 0 Å². The van der Waals surface area contributed by atoms with Crippen LogP contribution in [0.1, 0.15) is 26.7 Å². The van der Waals surface area contributed by atoms with Crippen LogP contribution in [-0.4, -0.2) is 53.5 Å². The van der Waals surface area contributed by atoms with Gasteiger partial charge in [0.05, 0.1) is 19.7 Å². The Hall–Kier alpha value is -3.03. The van der Waals surface area contributed by atoms with Gasteiger partial charge < -0.3 is 14.5 Å². The van der Waals surface area contributed by atoms with Gasteiger partial charge in [0, 0.05) is 29.4 Å². The number of morpholine rings is 1. The summed E-state index contributed by atoms with van der Waals surface area (Å²) in [7, 11) is 0. The monoisotopic (exact) mass is 450 g/mol. The molecule has 2 aliphatic rings. The van der Waals surface area contributed by atoms with E-state index in [2.05, 4.69) is 0 Å². The SMILES string of the molecule is O=C(c1cccc(F)c1)N1CCOC2(C1)C(=O)N(Cc1cccs1)CC2c1ccccc1. The van der Waals surface area contributed by atoms with E-state index in [-0.39, 0.29) is 36.4 Å². The first-order valence-corrected chi connectivity index (χ1v) is 11.5. The van der Waals surface area contributed by atoms with Gasteiger partial charge in [-0.05, 0) is 35.2 Å². The molecule has 0 radical (unpaired) electrons. The highest BCUT2D eigenvalue weighted by Gasteiger charge is 2.58. The van der Waals surface area contributed by atoms with Gasteiger partial charge >= 0.3 is 0 Å². The Labute approximate surface area is 190 Å². The smallest absolute Gasteiger partial charge is 0.257 e. The summed E-state index contributed by atoms with van der Waals surface area (Å²) in [4.78, 5) is 31.5. The lowest BCUT2D eigenvalue weighted by molar-refractivity contribution is -0.160. The standard InChI is InChI=1S/C25H23FN2O3S/c26-20-9-4-8-19(14-20)23(29)27-11-12-31-25(17-27)22(18-6-2-1-3-7-18)16-28(24(25)30)15-21-10-5-13-32-21/h1-10,13-14,22H,11-12,15-17H2. The van der Waals surface area contributed by atoms with Gasteiger partial charge in [0.2, 0.25) is 0 Å². The topological polar surface area (TPSA) is 49.9 Å². The fourth-order valence-electron chi connectivity index (χ4n) is 4.72. The van der Waals surface area contributed by atoms with Crippen LogP contribution in [0, 0.1) is 5.82 Å². The Morgan fingerprint density at radius 3 is 2.72 bits per heavy atom. The summed E-state index contributed by atoms with van der Waals surface area (Å²) < 4.78 is 20.0. The minimum Gasteiger partial charge on any atom is -0.361 e. The molecule has 3 aromatic rings. The zero-order valence-electron chi connectivity index (χ0n) is 17.4. The summed E-state index contributed by atoms with van der Waals surface area (Å²) in [6.45, 7) is 1.78. The fourth-order valence-corrected chi connectivity index (χ4v) is 5.44. The van der Waals surface area contributed by atoms with E-state index in [4.69, 9.17) is 4.74 Å². The van der Waals surface area contributed by atoms with Gasteiger partial charge in [0.1, 0.15) is 5.82 Å². The predicted molar refractivity (Wildman–Crippen MR) is 120 cm³/mol. The Balaban J connectivity index is 1.48. The van der Waals surface area contributed by atoms with Crippen LogP contribution in [0.2, 0.25) is 0 Å². The van der Waals surface area contributed by atoms with Crippen LogP contribution in [0.4, 0.5) is 4.39 Å². The maximum Gasteiger partial charge on any atom is 0.257 e. The van der Waals surface area contributed by atoms with E-state index >= 15 is 0 Å². The van der Waals surface area contributed by atoms with Gasteiger partial charge in [-0.3, -0.25) is 9.59 Å². The number of halogens is 1. The van der Waals surface area contributed by atoms with Gasteiger partial charge in [-0.1, -0.05) is 42.5 Å². The van der Waals surface area contributed by atoms with Crippen LogP contribution in [0.3, 0.4) is 0 Å². The lowest BCUT2D eigenvalue weighted by Crippen LogP contribution is -2.59. The molecule has 1 aromatic heterocycles. The van der Waals surface area contributed by atoms with Gasteiger partial charge in [0.25, 0.3) is 11.8 Å². The number of hydrogen-bond donors (Lipinski definition) is 0. The van der Waals surface area contributed by atoms with Crippen molar-refractivity contribution in [1.82, 2.24) is 9.80 Å². The van der Waals surface area contributed by atoms with E-state index in [1.807, 2.05) is 52.7 Å². The van der Waals surface area contributed by atoms with Crippen molar-refractivity contribution in [2.75, 3.05) is 26.2 Å². The number of hydrogen-bond acceptors (Lipinski definition) is 4. The lowest BCUT2D eigenvalue weighted by atomic mass is 9.83. The van der Waals surface area contributed by atoms with E-state index in [1.54, 1.807) is 22.3 Å². The largest absolute Gasteiger partial charge is 0.361 e. The molecule has 0 N–H and O–H groups in total. The molecule has 2 aromatic carbocycles. The third-order valence-electron chi connectivity index (χ3n) is 6.25. The second-order valence-corrected chi connectivity index (χ2v) is 9.24. The zero-order chi connectivity index (χ0) is 22.1. The highest BCUT2D eigenvalue weighted by Crippen LogP contribution is 2.43. The average molecular weight is 451 g/mol. The Kier molecular flexibility index (Phi) is 5.53. The molecule has 2 atom stereocenters. The Morgan fingerprint density at radius 1 is 1.12 bits per heavy atom. The second kappa shape index (κ2) is 8.48. The van der Waals surface area contributed by atoms with Crippen LogP contribution in [0.15, 0.2) is 72.1 Å². The molecule has 32 heavy (non-hydrogen) atoms. The Morgan fingerprint density at radius 2 is 1.97 bits per heavy atom. The molecule has 5 rings (SSSR count). The molecule has 2 amide bonds. The second-order valence-electron chi connectivity index (χ2n) is 8.20. The van der Waals surface area contributed by atoms with Crippen LogP contribution in [0.5, 0.6) is 0 Å². The van der Waals surface area contributed by atoms with Crippen molar-refractivity contribution in [3.05, 3.63) is 93.9 Å². The number of thiophene rings is 1. The summed E-state index contributed by atoms with van der Waals surface area (Å²) in [6.07, 6.45) is 0. The number of carbonyl (C=O) groups excluding carboxylic acids is 2. The molecule has 3 heterocycles. The predicted octanol–water partition coefficient (Wildman–Crippen LogP) is 3.92. The van der Waals surface area contributed by atoms with E-state index in [0.717, 1.165) is 10.4 Å². The molecule has 2 aliphatic heterocycles. The first-order valence-electron chi connectivity index (χ1n) is 10.6. The summed E-state index contributed by atoms with van der Waals surface area (Å²) in [5, 5.41) is 2.00. The third kappa shape index (κ3) is 3.72. The summed E-state index contributed by atoms with van der Waals surface area (Å²) in [5.74, 6) is -1.06. The normalized spacial score (nSPS) is 23.2. The lowest BCUT2D eigenvalue weighted by Gasteiger charge is -2.42. The molecule has 7 heteroatoms. The fraction of sp³-hybridized carbons (Fsp3) is 0.280. The van der Waals surface area contributed by atoms with E-state index in [0.29, 0.717) is 19.6 Å². The molecule has 2 fully saturated rings. The van der Waals surface area contributed by atoms with Crippen molar-refractivity contribution in [2.45, 2.75) is 18.1 Å². The van der Waals surface area contributed by atoms with Gasteiger partial charge in [-0.2, -0.15) is 0 Å². The summed E-state index contributed by atoms with van der Waals surface area (Å²) >= 11 is 1.61. The number of amides is 2.